The Morgan fingerprint density at radius 1 is 0.975 bits per heavy atom. The summed E-state index contributed by atoms with van der Waals surface area (Å²) in [6.07, 6.45) is 4.74. The number of rotatable bonds is 10. The van der Waals surface area contributed by atoms with Crippen molar-refractivity contribution in [1.82, 2.24) is 20.2 Å². The number of halogens is 1. The molecule has 2 N–H and O–H groups in total. The van der Waals surface area contributed by atoms with Gasteiger partial charge in [0.1, 0.15) is 5.76 Å². The molecule has 8 nitrogen and oxygen atoms in total. The number of thioether (sulfide) groups is 1. The van der Waals surface area contributed by atoms with Crippen LogP contribution in [0.1, 0.15) is 37.0 Å². The van der Waals surface area contributed by atoms with Crippen LogP contribution in [0.4, 0.5) is 0 Å². The van der Waals surface area contributed by atoms with Crippen LogP contribution in [-0.4, -0.2) is 27.1 Å². The molecule has 0 unspecified atom stereocenters. The molecule has 208 valence electrons. The lowest BCUT2D eigenvalue weighted by Crippen LogP contribution is -2.34. The Hall–Kier alpha value is -3.56. The molecule has 0 aliphatic heterocycles. The van der Waals surface area contributed by atoms with E-state index >= 15 is 0 Å². The molecule has 0 bridgehead atoms. The molecule has 1 fully saturated rings. The Labute approximate surface area is 241 Å². The number of hydrogen-bond donors (Lipinski definition) is 2. The van der Waals surface area contributed by atoms with E-state index in [2.05, 4.69) is 10.6 Å². The van der Waals surface area contributed by atoms with Crippen molar-refractivity contribution < 1.29 is 14.0 Å². The van der Waals surface area contributed by atoms with Crippen LogP contribution in [0.3, 0.4) is 0 Å². The molecule has 5 rings (SSSR count). The smallest absolute Gasteiger partial charge is 0.262 e. The highest BCUT2D eigenvalue weighted by Gasteiger charge is 2.27. The van der Waals surface area contributed by atoms with E-state index in [0.29, 0.717) is 46.5 Å². The van der Waals surface area contributed by atoms with Crippen molar-refractivity contribution in [3.05, 3.63) is 93.6 Å². The zero-order chi connectivity index (χ0) is 27.9. The highest BCUT2D eigenvalue weighted by molar-refractivity contribution is 7.99. The Kier molecular flexibility index (Phi) is 9.23. The average molecular weight is 579 g/mol. The highest BCUT2D eigenvalue weighted by atomic mass is 35.5. The van der Waals surface area contributed by atoms with Crippen LogP contribution in [-0.2, 0) is 29.2 Å². The van der Waals surface area contributed by atoms with Gasteiger partial charge in [-0.25, -0.2) is 4.98 Å². The van der Waals surface area contributed by atoms with Gasteiger partial charge in [0.2, 0.25) is 11.8 Å². The standard InChI is InChI=1S/C30H31ClN4O4S/c31-25-9-3-1-6-22(25)16-33-28(37)21-13-11-20(12-14-21)18-35-29(38)24-8-2-4-10-26(24)34-30(35)40-19-27(36)32-17-23-7-5-15-39-23/h1-10,15,20-21H,11-14,16-19H2,(H,32,36)(H,33,37). The van der Waals surface area contributed by atoms with E-state index in [9.17, 15) is 14.4 Å². The van der Waals surface area contributed by atoms with Crippen LogP contribution in [0.25, 0.3) is 10.9 Å². The van der Waals surface area contributed by atoms with Gasteiger partial charge in [0.05, 0.1) is 29.5 Å². The third-order valence-electron chi connectivity index (χ3n) is 7.27. The fourth-order valence-electron chi connectivity index (χ4n) is 5.03. The number of fused-ring (bicyclic) bond motifs is 1. The summed E-state index contributed by atoms with van der Waals surface area (Å²) in [7, 11) is 0. The van der Waals surface area contributed by atoms with Gasteiger partial charge in [-0.1, -0.05) is 53.7 Å². The lowest BCUT2D eigenvalue weighted by atomic mass is 9.81. The number of nitrogens with one attached hydrogen (secondary N) is 2. The van der Waals surface area contributed by atoms with Crippen molar-refractivity contribution in [2.75, 3.05) is 5.75 Å². The number of furan rings is 1. The molecule has 2 heterocycles. The van der Waals surface area contributed by atoms with Crippen LogP contribution < -0.4 is 16.2 Å². The molecule has 0 atom stereocenters. The number of nitrogens with zero attached hydrogens (tertiary/aromatic N) is 2. The zero-order valence-electron chi connectivity index (χ0n) is 22.0. The second-order valence-corrected chi connectivity index (χ2v) is 11.3. The topological polar surface area (TPSA) is 106 Å². The molecule has 10 heteroatoms. The number of carbonyl (C=O) groups is 2. The minimum Gasteiger partial charge on any atom is -0.467 e. The van der Waals surface area contributed by atoms with E-state index in [0.717, 1.165) is 31.2 Å². The summed E-state index contributed by atoms with van der Waals surface area (Å²) in [5.74, 6) is 0.854. The molecular weight excluding hydrogens is 548 g/mol. The Morgan fingerprint density at radius 3 is 2.52 bits per heavy atom. The van der Waals surface area contributed by atoms with Gasteiger partial charge in [-0.15, -0.1) is 0 Å². The van der Waals surface area contributed by atoms with Crippen LogP contribution in [0.15, 0.2) is 81.3 Å². The van der Waals surface area contributed by atoms with E-state index in [1.54, 1.807) is 29.0 Å². The maximum Gasteiger partial charge on any atom is 0.262 e. The van der Waals surface area contributed by atoms with E-state index in [4.69, 9.17) is 21.0 Å². The largest absolute Gasteiger partial charge is 0.467 e. The van der Waals surface area contributed by atoms with E-state index < -0.39 is 0 Å². The number of para-hydroxylation sites is 1. The minimum atomic E-state index is -0.168. The van der Waals surface area contributed by atoms with Gasteiger partial charge in [-0.05, 0) is 67.5 Å². The maximum absolute atomic E-state index is 13.5. The summed E-state index contributed by atoms with van der Waals surface area (Å²) < 4.78 is 6.97. The summed E-state index contributed by atoms with van der Waals surface area (Å²) in [4.78, 5) is 43.5. The van der Waals surface area contributed by atoms with Crippen molar-refractivity contribution in [3.8, 4) is 0 Å². The van der Waals surface area contributed by atoms with Crippen LogP contribution in [0.2, 0.25) is 5.02 Å². The van der Waals surface area contributed by atoms with E-state index in [-0.39, 0.29) is 35.0 Å². The predicted octanol–water partition coefficient (Wildman–Crippen LogP) is 5.17. The normalized spacial score (nSPS) is 17.0. The summed E-state index contributed by atoms with van der Waals surface area (Å²) in [6, 6.07) is 18.3. The number of benzene rings is 2. The summed E-state index contributed by atoms with van der Waals surface area (Å²) in [5.41, 5.74) is 1.40. The third kappa shape index (κ3) is 6.95. The maximum atomic E-state index is 13.5. The molecule has 2 aromatic carbocycles. The van der Waals surface area contributed by atoms with Crippen molar-refractivity contribution in [2.24, 2.45) is 11.8 Å². The summed E-state index contributed by atoms with van der Waals surface area (Å²) >= 11 is 7.47. The number of carbonyl (C=O) groups excluding carboxylic acids is 2. The lowest BCUT2D eigenvalue weighted by Gasteiger charge is -2.28. The molecule has 1 aliphatic carbocycles. The SMILES string of the molecule is O=C(CSc1nc2ccccc2c(=O)n1CC1CCC(C(=O)NCc2ccccc2Cl)CC1)NCc1ccco1. The molecule has 2 aromatic heterocycles. The fraction of sp³-hybridized carbons (Fsp3) is 0.333. The Morgan fingerprint density at radius 2 is 1.75 bits per heavy atom. The first kappa shape index (κ1) is 28.0. The molecule has 0 radical (unpaired) electrons. The lowest BCUT2D eigenvalue weighted by molar-refractivity contribution is -0.126. The van der Waals surface area contributed by atoms with Crippen LogP contribution in [0, 0.1) is 11.8 Å². The molecule has 40 heavy (non-hydrogen) atoms. The first-order valence-corrected chi connectivity index (χ1v) is 14.8. The van der Waals surface area contributed by atoms with Gasteiger partial charge in [0.25, 0.3) is 5.56 Å². The van der Waals surface area contributed by atoms with Crippen molar-refractivity contribution >= 4 is 46.1 Å². The van der Waals surface area contributed by atoms with Gasteiger partial charge in [0, 0.05) is 24.0 Å². The molecule has 0 spiro atoms. The van der Waals surface area contributed by atoms with Crippen molar-refractivity contribution in [2.45, 2.75) is 50.5 Å². The van der Waals surface area contributed by atoms with Gasteiger partial charge in [0.15, 0.2) is 5.16 Å². The van der Waals surface area contributed by atoms with Crippen molar-refractivity contribution in [3.63, 3.8) is 0 Å². The second kappa shape index (κ2) is 13.2. The molecule has 1 aliphatic rings. The minimum absolute atomic E-state index is 0.0414. The van der Waals surface area contributed by atoms with Gasteiger partial charge >= 0.3 is 0 Å². The Balaban J connectivity index is 1.21. The summed E-state index contributed by atoms with van der Waals surface area (Å²) in [5, 5.41) is 7.58. The highest BCUT2D eigenvalue weighted by Crippen LogP contribution is 2.31. The molecule has 0 saturated heterocycles. The quantitative estimate of drug-likeness (QED) is 0.198. The second-order valence-electron chi connectivity index (χ2n) is 10.00. The molecule has 1 saturated carbocycles. The average Bonchev–Trinajstić information content (AvgIpc) is 3.50. The van der Waals surface area contributed by atoms with Crippen LogP contribution >= 0.6 is 23.4 Å². The number of aromatic nitrogens is 2. The van der Waals surface area contributed by atoms with Gasteiger partial charge < -0.3 is 15.1 Å². The number of amides is 2. The first-order chi connectivity index (χ1) is 19.5. The van der Waals surface area contributed by atoms with Crippen LogP contribution in [0.5, 0.6) is 0 Å². The monoisotopic (exact) mass is 578 g/mol. The third-order valence-corrected chi connectivity index (χ3v) is 8.61. The molecule has 4 aromatic rings. The van der Waals surface area contributed by atoms with Gasteiger partial charge in [-0.3, -0.25) is 19.0 Å². The Bertz CT molecular complexity index is 1530. The van der Waals surface area contributed by atoms with E-state index in [1.807, 2.05) is 42.5 Å². The predicted molar refractivity (Wildman–Crippen MR) is 156 cm³/mol. The first-order valence-electron chi connectivity index (χ1n) is 13.4. The molecular formula is C30H31ClN4O4S. The summed E-state index contributed by atoms with van der Waals surface area (Å²) in [6.45, 7) is 1.22. The zero-order valence-corrected chi connectivity index (χ0v) is 23.5. The number of hydrogen-bond acceptors (Lipinski definition) is 6. The van der Waals surface area contributed by atoms with Crippen molar-refractivity contribution in [1.29, 1.82) is 0 Å². The molecule has 2 amide bonds. The van der Waals surface area contributed by atoms with Gasteiger partial charge in [-0.2, -0.15) is 0 Å². The van der Waals surface area contributed by atoms with E-state index in [1.165, 1.54) is 11.8 Å². The fourth-order valence-corrected chi connectivity index (χ4v) is 6.07.